The average Bonchev–Trinajstić information content (AvgIpc) is 3.23. The fraction of sp³-hybridized carbons (Fsp3) is 0.400. The third-order valence-corrected chi connectivity index (χ3v) is 5.59. The fourth-order valence-electron chi connectivity index (χ4n) is 3.09. The highest BCUT2D eigenvalue weighted by Crippen LogP contribution is 2.14. The maximum absolute atomic E-state index is 12.4. The zero-order valence-electron chi connectivity index (χ0n) is 15.9. The SMILES string of the molecule is CN(C)c1cccc(C(=O)NCCN2CCN(C(=O)c3cccs3)CC2)c1. The summed E-state index contributed by atoms with van der Waals surface area (Å²) in [6.07, 6.45) is 0. The van der Waals surface area contributed by atoms with Crippen molar-refractivity contribution in [3.63, 3.8) is 0 Å². The first kappa shape index (κ1) is 19.4. The van der Waals surface area contributed by atoms with Crippen molar-refractivity contribution < 1.29 is 9.59 Å². The fourth-order valence-corrected chi connectivity index (χ4v) is 3.78. The van der Waals surface area contributed by atoms with E-state index in [-0.39, 0.29) is 11.8 Å². The van der Waals surface area contributed by atoms with E-state index in [4.69, 9.17) is 0 Å². The van der Waals surface area contributed by atoms with E-state index >= 15 is 0 Å². The van der Waals surface area contributed by atoms with Crippen LogP contribution in [0.3, 0.4) is 0 Å². The lowest BCUT2D eigenvalue weighted by atomic mass is 10.2. The smallest absolute Gasteiger partial charge is 0.264 e. The van der Waals surface area contributed by atoms with Crippen LogP contribution < -0.4 is 10.2 Å². The summed E-state index contributed by atoms with van der Waals surface area (Å²) >= 11 is 1.49. The number of amides is 2. The van der Waals surface area contributed by atoms with Gasteiger partial charge in [0.2, 0.25) is 0 Å². The van der Waals surface area contributed by atoms with E-state index in [1.54, 1.807) is 0 Å². The van der Waals surface area contributed by atoms with Gasteiger partial charge >= 0.3 is 0 Å². The molecule has 3 rings (SSSR count). The van der Waals surface area contributed by atoms with Gasteiger partial charge in [0.15, 0.2) is 0 Å². The second-order valence-corrected chi connectivity index (χ2v) is 7.76. The Labute approximate surface area is 164 Å². The summed E-state index contributed by atoms with van der Waals surface area (Å²) in [7, 11) is 3.92. The number of anilines is 1. The van der Waals surface area contributed by atoms with Gasteiger partial charge in [-0.25, -0.2) is 0 Å². The molecule has 0 unspecified atom stereocenters. The number of nitrogens with one attached hydrogen (secondary N) is 1. The summed E-state index contributed by atoms with van der Waals surface area (Å²) in [6, 6.07) is 11.4. The van der Waals surface area contributed by atoms with Crippen molar-refractivity contribution in [2.75, 3.05) is 58.3 Å². The predicted octanol–water partition coefficient (Wildman–Crippen LogP) is 2.00. The van der Waals surface area contributed by atoms with Crippen molar-refractivity contribution >= 4 is 28.8 Å². The predicted molar refractivity (Wildman–Crippen MR) is 110 cm³/mol. The molecule has 1 aliphatic heterocycles. The van der Waals surface area contributed by atoms with Gasteiger partial charge in [0.05, 0.1) is 4.88 Å². The van der Waals surface area contributed by atoms with Crippen LogP contribution in [0, 0.1) is 0 Å². The Morgan fingerprint density at radius 1 is 1.11 bits per heavy atom. The highest BCUT2D eigenvalue weighted by molar-refractivity contribution is 7.12. The third-order valence-electron chi connectivity index (χ3n) is 4.73. The first-order valence-corrected chi connectivity index (χ1v) is 10.0. The Bertz CT molecular complexity index is 768. The van der Waals surface area contributed by atoms with Crippen LogP contribution in [0.2, 0.25) is 0 Å². The van der Waals surface area contributed by atoms with Crippen LogP contribution in [0.1, 0.15) is 20.0 Å². The highest BCUT2D eigenvalue weighted by Gasteiger charge is 2.22. The van der Waals surface area contributed by atoms with E-state index < -0.39 is 0 Å². The van der Waals surface area contributed by atoms with E-state index in [9.17, 15) is 9.59 Å². The first-order valence-electron chi connectivity index (χ1n) is 9.15. The summed E-state index contributed by atoms with van der Waals surface area (Å²) in [5.41, 5.74) is 1.68. The molecule has 0 saturated carbocycles. The largest absolute Gasteiger partial charge is 0.378 e. The average molecular weight is 387 g/mol. The lowest BCUT2D eigenvalue weighted by Gasteiger charge is -2.34. The molecule has 1 saturated heterocycles. The maximum atomic E-state index is 12.4. The molecule has 1 aromatic heterocycles. The van der Waals surface area contributed by atoms with E-state index in [0.717, 1.165) is 43.3 Å². The number of benzene rings is 1. The first-order chi connectivity index (χ1) is 13.0. The van der Waals surface area contributed by atoms with E-state index in [1.807, 2.05) is 65.7 Å². The van der Waals surface area contributed by atoms with Crippen molar-refractivity contribution in [3.05, 3.63) is 52.2 Å². The maximum Gasteiger partial charge on any atom is 0.264 e. The van der Waals surface area contributed by atoms with Gasteiger partial charge in [-0.2, -0.15) is 0 Å². The summed E-state index contributed by atoms with van der Waals surface area (Å²) in [6.45, 7) is 4.53. The number of nitrogens with zero attached hydrogens (tertiary/aromatic N) is 3. The molecule has 2 heterocycles. The van der Waals surface area contributed by atoms with Crippen molar-refractivity contribution in [3.8, 4) is 0 Å². The number of thiophene rings is 1. The molecular weight excluding hydrogens is 360 g/mol. The Morgan fingerprint density at radius 3 is 2.56 bits per heavy atom. The number of carbonyl (C=O) groups is 2. The van der Waals surface area contributed by atoms with Crippen LogP contribution in [0.15, 0.2) is 41.8 Å². The molecule has 7 heteroatoms. The highest BCUT2D eigenvalue weighted by atomic mass is 32.1. The molecule has 0 aliphatic carbocycles. The lowest BCUT2D eigenvalue weighted by Crippen LogP contribution is -2.50. The monoisotopic (exact) mass is 386 g/mol. The number of carbonyl (C=O) groups excluding carboxylic acids is 2. The lowest BCUT2D eigenvalue weighted by molar-refractivity contribution is 0.0643. The topological polar surface area (TPSA) is 55.9 Å². The van der Waals surface area contributed by atoms with Gasteiger partial charge in [0.25, 0.3) is 11.8 Å². The van der Waals surface area contributed by atoms with E-state index in [0.29, 0.717) is 12.1 Å². The van der Waals surface area contributed by atoms with Crippen LogP contribution >= 0.6 is 11.3 Å². The quantitative estimate of drug-likeness (QED) is 0.825. The second kappa shape index (κ2) is 9.01. The zero-order valence-corrected chi connectivity index (χ0v) is 16.7. The normalized spacial score (nSPS) is 14.8. The van der Waals surface area contributed by atoms with Gasteiger partial charge in [0.1, 0.15) is 0 Å². The molecule has 0 atom stereocenters. The minimum absolute atomic E-state index is 0.0507. The summed E-state index contributed by atoms with van der Waals surface area (Å²) in [5.74, 6) is 0.0731. The van der Waals surface area contributed by atoms with Gasteiger partial charge in [-0.1, -0.05) is 12.1 Å². The zero-order chi connectivity index (χ0) is 19.2. The van der Waals surface area contributed by atoms with Gasteiger partial charge in [-0.3, -0.25) is 14.5 Å². The molecule has 2 amide bonds. The van der Waals surface area contributed by atoms with Gasteiger partial charge in [0, 0.05) is 64.6 Å². The van der Waals surface area contributed by atoms with E-state index in [2.05, 4.69) is 10.2 Å². The molecule has 0 spiro atoms. The third kappa shape index (κ3) is 5.08. The van der Waals surface area contributed by atoms with Crippen LogP contribution in [0.25, 0.3) is 0 Å². The molecule has 0 bridgehead atoms. The summed E-state index contributed by atoms with van der Waals surface area (Å²) < 4.78 is 0. The van der Waals surface area contributed by atoms with Crippen molar-refractivity contribution in [1.29, 1.82) is 0 Å². The Morgan fingerprint density at radius 2 is 1.89 bits per heavy atom. The molecule has 27 heavy (non-hydrogen) atoms. The minimum Gasteiger partial charge on any atom is -0.378 e. The molecular formula is C20H26N4O2S. The van der Waals surface area contributed by atoms with Crippen LogP contribution in [0.5, 0.6) is 0 Å². The van der Waals surface area contributed by atoms with E-state index in [1.165, 1.54) is 11.3 Å². The number of rotatable bonds is 6. The molecule has 1 fully saturated rings. The molecule has 0 radical (unpaired) electrons. The minimum atomic E-state index is -0.0507. The molecule has 1 aliphatic rings. The van der Waals surface area contributed by atoms with Gasteiger partial charge in [-0.05, 0) is 29.6 Å². The van der Waals surface area contributed by atoms with Crippen molar-refractivity contribution in [1.82, 2.24) is 15.1 Å². The van der Waals surface area contributed by atoms with Gasteiger partial charge in [-0.15, -0.1) is 11.3 Å². The van der Waals surface area contributed by atoms with Crippen LogP contribution in [-0.2, 0) is 0 Å². The van der Waals surface area contributed by atoms with Crippen LogP contribution in [-0.4, -0.2) is 75.0 Å². The Balaban J connectivity index is 1.41. The Hall–Kier alpha value is -2.38. The molecule has 1 aromatic carbocycles. The van der Waals surface area contributed by atoms with Crippen LogP contribution in [0.4, 0.5) is 5.69 Å². The summed E-state index contributed by atoms with van der Waals surface area (Å²) in [5, 5.41) is 4.92. The number of piperazine rings is 1. The number of hydrogen-bond donors (Lipinski definition) is 1. The van der Waals surface area contributed by atoms with Crippen molar-refractivity contribution in [2.24, 2.45) is 0 Å². The standard InChI is InChI=1S/C20H26N4O2S/c1-22(2)17-6-3-5-16(15-17)19(25)21-8-9-23-10-12-24(13-11-23)20(26)18-7-4-14-27-18/h3-7,14-15H,8-13H2,1-2H3,(H,21,25). The second-order valence-electron chi connectivity index (χ2n) is 6.81. The Kier molecular flexibility index (Phi) is 6.47. The summed E-state index contributed by atoms with van der Waals surface area (Å²) in [4.78, 5) is 31.7. The van der Waals surface area contributed by atoms with Gasteiger partial charge < -0.3 is 15.1 Å². The molecule has 2 aromatic rings. The molecule has 1 N–H and O–H groups in total. The number of hydrogen-bond acceptors (Lipinski definition) is 5. The molecule has 6 nitrogen and oxygen atoms in total. The molecule has 144 valence electrons. The van der Waals surface area contributed by atoms with Crippen molar-refractivity contribution in [2.45, 2.75) is 0 Å².